The molecule has 0 bridgehead atoms. The second-order valence-electron chi connectivity index (χ2n) is 6.66. The van der Waals surface area contributed by atoms with E-state index in [1.807, 2.05) is 12.1 Å². The van der Waals surface area contributed by atoms with Gasteiger partial charge >= 0.3 is 0 Å². The van der Waals surface area contributed by atoms with E-state index in [2.05, 4.69) is 58.8 Å². The molecule has 4 heteroatoms. The van der Waals surface area contributed by atoms with E-state index in [0.29, 0.717) is 12.4 Å². The number of aromatic nitrogens is 1. The summed E-state index contributed by atoms with van der Waals surface area (Å²) in [5.41, 5.74) is 4.13. The van der Waals surface area contributed by atoms with E-state index in [1.54, 1.807) is 18.4 Å². The molecule has 28 heavy (non-hydrogen) atoms. The standard InChI is InChI=1S/C24H21FN2O/c25-21-13-11-20(12-14-21)24-27-22(17-28-24)15-26-16-23(18-7-3-1-4-8-18)19-9-5-2-6-10-19/h1-14,17,23,26H,15-16H2. The molecule has 3 aromatic carbocycles. The van der Waals surface area contributed by atoms with Crippen molar-refractivity contribution in [1.82, 2.24) is 10.3 Å². The molecule has 0 unspecified atom stereocenters. The Bertz CT molecular complexity index is 958. The Labute approximate surface area is 163 Å². The maximum atomic E-state index is 13.1. The molecular formula is C24H21FN2O. The third kappa shape index (κ3) is 4.35. The maximum absolute atomic E-state index is 13.1. The Morgan fingerprint density at radius 2 is 1.43 bits per heavy atom. The summed E-state index contributed by atoms with van der Waals surface area (Å²) in [6, 6.07) is 27.1. The number of halogens is 1. The van der Waals surface area contributed by atoms with Gasteiger partial charge in [0.15, 0.2) is 0 Å². The first-order valence-corrected chi connectivity index (χ1v) is 9.30. The van der Waals surface area contributed by atoms with Gasteiger partial charge in [0.25, 0.3) is 0 Å². The molecule has 0 spiro atoms. The van der Waals surface area contributed by atoms with Crippen LogP contribution < -0.4 is 5.32 Å². The second kappa shape index (κ2) is 8.63. The smallest absolute Gasteiger partial charge is 0.226 e. The van der Waals surface area contributed by atoms with E-state index in [4.69, 9.17) is 4.42 Å². The molecule has 4 aromatic rings. The zero-order valence-electron chi connectivity index (χ0n) is 15.4. The molecule has 140 valence electrons. The molecule has 1 heterocycles. The zero-order chi connectivity index (χ0) is 19.2. The molecule has 1 N–H and O–H groups in total. The molecule has 0 radical (unpaired) electrons. The summed E-state index contributed by atoms with van der Waals surface area (Å²) in [4.78, 5) is 4.50. The van der Waals surface area contributed by atoms with Crippen LogP contribution in [0.2, 0.25) is 0 Å². The molecule has 0 aliphatic heterocycles. The van der Waals surface area contributed by atoms with Gasteiger partial charge in [-0.05, 0) is 35.4 Å². The van der Waals surface area contributed by atoms with Crippen molar-refractivity contribution in [3.63, 3.8) is 0 Å². The minimum Gasteiger partial charge on any atom is -0.444 e. The lowest BCUT2D eigenvalue weighted by Crippen LogP contribution is -2.22. The van der Waals surface area contributed by atoms with Gasteiger partial charge in [-0.15, -0.1) is 0 Å². The molecular weight excluding hydrogens is 351 g/mol. The van der Waals surface area contributed by atoms with Crippen LogP contribution in [0.15, 0.2) is 95.6 Å². The van der Waals surface area contributed by atoms with Crippen molar-refractivity contribution >= 4 is 0 Å². The highest BCUT2D eigenvalue weighted by Gasteiger charge is 2.14. The molecule has 0 saturated heterocycles. The minimum atomic E-state index is -0.273. The lowest BCUT2D eigenvalue weighted by Gasteiger charge is -2.18. The number of nitrogens with one attached hydrogen (secondary N) is 1. The SMILES string of the molecule is Fc1ccc(-c2nc(CNCC(c3ccccc3)c3ccccc3)co2)cc1. The van der Waals surface area contributed by atoms with Crippen LogP contribution in [0.4, 0.5) is 4.39 Å². The molecule has 0 aliphatic carbocycles. The van der Waals surface area contributed by atoms with Crippen molar-refractivity contribution < 1.29 is 8.81 Å². The first-order chi connectivity index (χ1) is 13.8. The fraction of sp³-hybridized carbons (Fsp3) is 0.125. The summed E-state index contributed by atoms with van der Waals surface area (Å²) >= 11 is 0. The summed E-state index contributed by atoms with van der Waals surface area (Å²) in [5, 5.41) is 3.49. The third-order valence-corrected chi connectivity index (χ3v) is 4.70. The van der Waals surface area contributed by atoms with Crippen molar-refractivity contribution in [2.24, 2.45) is 0 Å². The second-order valence-corrected chi connectivity index (χ2v) is 6.66. The summed E-state index contributed by atoms with van der Waals surface area (Å²) in [6.45, 7) is 1.38. The summed E-state index contributed by atoms with van der Waals surface area (Å²) in [5.74, 6) is 0.482. The van der Waals surface area contributed by atoms with E-state index in [9.17, 15) is 4.39 Å². The first kappa shape index (κ1) is 18.1. The minimum absolute atomic E-state index is 0.255. The molecule has 0 aliphatic rings. The fourth-order valence-electron chi connectivity index (χ4n) is 3.26. The number of hydrogen-bond acceptors (Lipinski definition) is 3. The Kier molecular flexibility index (Phi) is 5.59. The van der Waals surface area contributed by atoms with E-state index in [0.717, 1.165) is 17.8 Å². The van der Waals surface area contributed by atoms with E-state index < -0.39 is 0 Å². The lowest BCUT2D eigenvalue weighted by atomic mass is 9.91. The number of oxazole rings is 1. The quantitative estimate of drug-likeness (QED) is 0.472. The van der Waals surface area contributed by atoms with E-state index in [-0.39, 0.29) is 11.7 Å². The molecule has 3 nitrogen and oxygen atoms in total. The van der Waals surface area contributed by atoms with Crippen molar-refractivity contribution in [1.29, 1.82) is 0 Å². The van der Waals surface area contributed by atoms with Gasteiger partial charge in [-0.2, -0.15) is 0 Å². The average molecular weight is 372 g/mol. The molecule has 1 aromatic heterocycles. The monoisotopic (exact) mass is 372 g/mol. The summed E-state index contributed by atoms with van der Waals surface area (Å²) < 4.78 is 18.6. The Balaban J connectivity index is 1.43. The predicted molar refractivity (Wildman–Crippen MR) is 108 cm³/mol. The molecule has 0 atom stereocenters. The molecule has 0 fully saturated rings. The Morgan fingerprint density at radius 1 is 0.821 bits per heavy atom. The van der Waals surface area contributed by atoms with Crippen LogP contribution >= 0.6 is 0 Å². The van der Waals surface area contributed by atoms with Gasteiger partial charge in [0.2, 0.25) is 5.89 Å². The largest absolute Gasteiger partial charge is 0.444 e. The predicted octanol–water partition coefficient (Wildman–Crippen LogP) is 5.40. The highest BCUT2D eigenvalue weighted by Crippen LogP contribution is 2.24. The van der Waals surface area contributed by atoms with Crippen molar-refractivity contribution in [3.8, 4) is 11.5 Å². The zero-order valence-corrected chi connectivity index (χ0v) is 15.4. The van der Waals surface area contributed by atoms with Crippen LogP contribution in [-0.2, 0) is 6.54 Å². The highest BCUT2D eigenvalue weighted by molar-refractivity contribution is 5.52. The van der Waals surface area contributed by atoms with Gasteiger partial charge < -0.3 is 9.73 Å². The lowest BCUT2D eigenvalue weighted by molar-refractivity contribution is 0.568. The van der Waals surface area contributed by atoms with Gasteiger partial charge in [-0.1, -0.05) is 60.7 Å². The third-order valence-electron chi connectivity index (χ3n) is 4.70. The Hall–Kier alpha value is -3.24. The Morgan fingerprint density at radius 3 is 2.04 bits per heavy atom. The van der Waals surface area contributed by atoms with Gasteiger partial charge in [0.05, 0.1) is 5.69 Å². The van der Waals surface area contributed by atoms with Crippen LogP contribution in [-0.4, -0.2) is 11.5 Å². The molecule has 0 amide bonds. The normalized spacial score (nSPS) is 11.1. The number of nitrogens with zero attached hydrogens (tertiary/aromatic N) is 1. The average Bonchev–Trinajstić information content (AvgIpc) is 3.22. The van der Waals surface area contributed by atoms with Crippen LogP contribution in [0, 0.1) is 5.82 Å². The number of rotatable bonds is 7. The van der Waals surface area contributed by atoms with Crippen LogP contribution in [0.25, 0.3) is 11.5 Å². The van der Waals surface area contributed by atoms with Gasteiger partial charge in [0, 0.05) is 24.6 Å². The van der Waals surface area contributed by atoms with Gasteiger partial charge in [-0.25, -0.2) is 9.37 Å². The van der Waals surface area contributed by atoms with Crippen molar-refractivity contribution in [2.45, 2.75) is 12.5 Å². The molecule has 4 rings (SSSR count). The van der Waals surface area contributed by atoms with Crippen molar-refractivity contribution in [2.75, 3.05) is 6.54 Å². The topological polar surface area (TPSA) is 38.1 Å². The van der Waals surface area contributed by atoms with E-state index in [1.165, 1.54) is 23.3 Å². The number of benzene rings is 3. The first-order valence-electron chi connectivity index (χ1n) is 9.30. The van der Waals surface area contributed by atoms with Gasteiger partial charge in [0.1, 0.15) is 12.1 Å². The summed E-state index contributed by atoms with van der Waals surface area (Å²) in [6.07, 6.45) is 1.64. The summed E-state index contributed by atoms with van der Waals surface area (Å²) in [7, 11) is 0. The fourth-order valence-corrected chi connectivity index (χ4v) is 3.26. The van der Waals surface area contributed by atoms with E-state index >= 15 is 0 Å². The molecule has 0 saturated carbocycles. The van der Waals surface area contributed by atoms with Crippen LogP contribution in [0.1, 0.15) is 22.7 Å². The van der Waals surface area contributed by atoms with Crippen LogP contribution in [0.5, 0.6) is 0 Å². The maximum Gasteiger partial charge on any atom is 0.226 e. The highest BCUT2D eigenvalue weighted by atomic mass is 19.1. The van der Waals surface area contributed by atoms with Crippen LogP contribution in [0.3, 0.4) is 0 Å². The van der Waals surface area contributed by atoms with Crippen molar-refractivity contribution in [3.05, 3.63) is 114 Å². The van der Waals surface area contributed by atoms with Gasteiger partial charge in [-0.3, -0.25) is 0 Å². The number of hydrogen-bond donors (Lipinski definition) is 1.